The monoisotopic (exact) mass is 320 g/mol. The Morgan fingerprint density at radius 2 is 2.00 bits per heavy atom. The zero-order valence-corrected chi connectivity index (χ0v) is 13.6. The third kappa shape index (κ3) is 3.37. The molecule has 0 amide bonds. The van der Waals surface area contributed by atoms with Gasteiger partial charge in [0, 0.05) is 13.6 Å². The average molecular weight is 320 g/mol. The van der Waals surface area contributed by atoms with E-state index in [1.807, 2.05) is 44.3 Å². The van der Waals surface area contributed by atoms with Crippen molar-refractivity contribution in [1.29, 1.82) is 0 Å². The number of rotatable bonds is 4. The molecule has 1 atom stereocenters. The molecule has 1 heterocycles. The molecule has 2 aromatic rings. The van der Waals surface area contributed by atoms with Crippen molar-refractivity contribution in [2.24, 2.45) is 7.05 Å². The van der Waals surface area contributed by atoms with Crippen LogP contribution in [0.1, 0.15) is 12.6 Å². The van der Waals surface area contributed by atoms with Crippen LogP contribution in [-0.2, 0) is 7.05 Å². The van der Waals surface area contributed by atoms with E-state index in [0.29, 0.717) is 17.3 Å². The van der Waals surface area contributed by atoms with Gasteiger partial charge >= 0.3 is 0 Å². The Morgan fingerprint density at radius 3 is 2.59 bits per heavy atom. The summed E-state index contributed by atoms with van der Waals surface area (Å²) in [6.07, 6.45) is -0.516. The molecule has 0 saturated heterocycles. The topological polar surface area (TPSA) is 71.2 Å². The molecule has 0 aliphatic rings. The van der Waals surface area contributed by atoms with Gasteiger partial charge in [0.15, 0.2) is 5.11 Å². The van der Waals surface area contributed by atoms with Crippen LogP contribution in [0.2, 0.25) is 0 Å². The average Bonchev–Trinajstić information content (AvgIpc) is 2.70. The lowest BCUT2D eigenvalue weighted by atomic mass is 10.3. The molecular weight excluding hydrogens is 300 g/mol. The smallest absolute Gasteiger partial charge is 0.295 e. The van der Waals surface area contributed by atoms with Crippen molar-refractivity contribution in [1.82, 2.24) is 14.7 Å². The van der Waals surface area contributed by atoms with E-state index in [1.165, 1.54) is 0 Å². The molecule has 1 unspecified atom stereocenters. The van der Waals surface area contributed by atoms with E-state index in [9.17, 15) is 9.90 Å². The number of hydrogen-bond donors (Lipinski definition) is 3. The first kappa shape index (κ1) is 16.3. The number of nitrogens with one attached hydrogen (secondary N) is 2. The molecule has 0 aliphatic heterocycles. The Bertz CT molecular complexity index is 719. The highest BCUT2D eigenvalue weighted by atomic mass is 32.1. The van der Waals surface area contributed by atoms with Crippen LogP contribution in [0.4, 0.5) is 5.69 Å². The van der Waals surface area contributed by atoms with E-state index in [-0.39, 0.29) is 5.56 Å². The maximum absolute atomic E-state index is 12.6. The molecule has 0 bridgehead atoms. The number of benzene rings is 1. The molecular formula is C15H20N4O2S. The molecule has 1 aromatic carbocycles. The van der Waals surface area contributed by atoms with E-state index in [0.717, 1.165) is 11.4 Å². The lowest BCUT2D eigenvalue weighted by molar-refractivity contribution is 0.198. The molecule has 7 heteroatoms. The lowest BCUT2D eigenvalue weighted by Gasteiger charge is -2.10. The second-order valence-electron chi connectivity index (χ2n) is 5.12. The Balaban J connectivity index is 2.31. The molecule has 0 fully saturated rings. The Labute approximate surface area is 134 Å². The summed E-state index contributed by atoms with van der Waals surface area (Å²) in [5.74, 6) is 0. The van der Waals surface area contributed by atoms with E-state index >= 15 is 0 Å². The van der Waals surface area contributed by atoms with Crippen molar-refractivity contribution < 1.29 is 5.11 Å². The van der Waals surface area contributed by atoms with Crippen LogP contribution in [0, 0.1) is 6.92 Å². The molecule has 22 heavy (non-hydrogen) atoms. The number of thiocarbonyl (C=S) groups is 1. The number of aliphatic hydroxyl groups is 1. The second-order valence-corrected chi connectivity index (χ2v) is 5.53. The van der Waals surface area contributed by atoms with E-state index in [4.69, 9.17) is 12.2 Å². The lowest BCUT2D eigenvalue weighted by Crippen LogP contribution is -2.35. The fourth-order valence-electron chi connectivity index (χ4n) is 2.11. The van der Waals surface area contributed by atoms with Gasteiger partial charge in [0.25, 0.3) is 5.56 Å². The van der Waals surface area contributed by atoms with Gasteiger partial charge in [-0.25, -0.2) is 4.68 Å². The van der Waals surface area contributed by atoms with Gasteiger partial charge in [-0.3, -0.25) is 9.48 Å². The SMILES string of the molecule is Cc1c(NC(=S)NCC(C)O)c(=O)n(-c2ccccc2)n1C. The fraction of sp³-hybridized carbons (Fsp3) is 0.333. The number of aromatic nitrogens is 2. The zero-order valence-electron chi connectivity index (χ0n) is 12.8. The van der Waals surface area contributed by atoms with Crippen molar-refractivity contribution >= 4 is 23.0 Å². The van der Waals surface area contributed by atoms with Gasteiger partial charge in [0.2, 0.25) is 0 Å². The molecule has 118 valence electrons. The number of para-hydroxylation sites is 1. The molecule has 3 N–H and O–H groups in total. The van der Waals surface area contributed by atoms with Crippen LogP contribution in [0.3, 0.4) is 0 Å². The molecule has 0 radical (unpaired) electrons. The molecule has 0 spiro atoms. The summed E-state index contributed by atoms with van der Waals surface area (Å²) in [7, 11) is 1.82. The van der Waals surface area contributed by atoms with Crippen LogP contribution < -0.4 is 16.2 Å². The summed E-state index contributed by atoms with van der Waals surface area (Å²) in [5, 5.41) is 15.4. The minimum atomic E-state index is -0.516. The van der Waals surface area contributed by atoms with Crippen molar-refractivity contribution in [2.75, 3.05) is 11.9 Å². The first-order chi connectivity index (χ1) is 10.4. The molecule has 6 nitrogen and oxygen atoms in total. The standard InChI is InChI=1S/C15H20N4O2S/c1-10(20)9-16-15(22)17-13-11(2)18(3)19(14(13)21)12-7-5-4-6-8-12/h4-8,10,20H,9H2,1-3H3,(H2,16,17,22). The summed E-state index contributed by atoms with van der Waals surface area (Å²) < 4.78 is 3.35. The maximum atomic E-state index is 12.6. The molecule has 0 saturated carbocycles. The van der Waals surface area contributed by atoms with Crippen LogP contribution in [0.25, 0.3) is 5.69 Å². The highest BCUT2D eigenvalue weighted by Gasteiger charge is 2.16. The highest BCUT2D eigenvalue weighted by Crippen LogP contribution is 2.13. The van der Waals surface area contributed by atoms with Gasteiger partial charge in [-0.05, 0) is 38.2 Å². The Kier molecular flexibility index (Phi) is 4.99. The van der Waals surface area contributed by atoms with Crippen molar-refractivity contribution in [3.05, 3.63) is 46.4 Å². The van der Waals surface area contributed by atoms with Crippen molar-refractivity contribution in [3.63, 3.8) is 0 Å². The summed E-state index contributed by atoms with van der Waals surface area (Å²) in [4.78, 5) is 12.6. The Hall–Kier alpha value is -2.12. The minimum absolute atomic E-state index is 0.174. The summed E-state index contributed by atoms with van der Waals surface area (Å²) in [6.45, 7) is 3.83. The fourth-order valence-corrected chi connectivity index (χ4v) is 2.30. The van der Waals surface area contributed by atoms with Gasteiger partial charge in [-0.15, -0.1) is 0 Å². The third-order valence-corrected chi connectivity index (χ3v) is 3.60. The third-order valence-electron chi connectivity index (χ3n) is 3.35. The van der Waals surface area contributed by atoms with Gasteiger partial charge in [-0.2, -0.15) is 0 Å². The van der Waals surface area contributed by atoms with Crippen LogP contribution in [0.15, 0.2) is 35.1 Å². The molecule has 2 rings (SSSR count). The van der Waals surface area contributed by atoms with Gasteiger partial charge in [-0.1, -0.05) is 18.2 Å². The van der Waals surface area contributed by atoms with Gasteiger partial charge in [0.1, 0.15) is 5.69 Å². The first-order valence-corrected chi connectivity index (χ1v) is 7.39. The van der Waals surface area contributed by atoms with E-state index in [1.54, 1.807) is 16.3 Å². The molecule has 0 aliphatic carbocycles. The van der Waals surface area contributed by atoms with E-state index in [2.05, 4.69) is 10.6 Å². The molecule has 1 aromatic heterocycles. The quantitative estimate of drug-likeness (QED) is 0.737. The van der Waals surface area contributed by atoms with Gasteiger partial charge in [0.05, 0.1) is 17.5 Å². The van der Waals surface area contributed by atoms with Crippen LogP contribution in [0.5, 0.6) is 0 Å². The first-order valence-electron chi connectivity index (χ1n) is 6.98. The van der Waals surface area contributed by atoms with E-state index < -0.39 is 6.10 Å². The number of anilines is 1. The number of hydrogen-bond acceptors (Lipinski definition) is 3. The van der Waals surface area contributed by atoms with Gasteiger partial charge < -0.3 is 15.7 Å². The zero-order chi connectivity index (χ0) is 16.3. The predicted octanol–water partition coefficient (Wildman–Crippen LogP) is 1.15. The summed E-state index contributed by atoms with van der Waals surface area (Å²) in [5.41, 5.74) is 1.81. The number of nitrogens with zero attached hydrogens (tertiary/aromatic N) is 2. The van der Waals surface area contributed by atoms with Crippen molar-refractivity contribution in [2.45, 2.75) is 20.0 Å². The minimum Gasteiger partial charge on any atom is -0.392 e. The van der Waals surface area contributed by atoms with Crippen LogP contribution in [-0.4, -0.2) is 32.2 Å². The van der Waals surface area contributed by atoms with Crippen molar-refractivity contribution in [3.8, 4) is 5.69 Å². The second kappa shape index (κ2) is 6.76. The normalized spacial score (nSPS) is 12.0. The Morgan fingerprint density at radius 1 is 1.36 bits per heavy atom. The van der Waals surface area contributed by atoms with Crippen LogP contribution >= 0.6 is 12.2 Å². The largest absolute Gasteiger partial charge is 0.392 e. The summed E-state index contributed by atoms with van der Waals surface area (Å²) >= 11 is 5.15. The number of aliphatic hydroxyl groups excluding tert-OH is 1. The predicted molar refractivity (Wildman–Crippen MR) is 91.7 cm³/mol. The maximum Gasteiger partial charge on any atom is 0.295 e. The highest BCUT2D eigenvalue weighted by molar-refractivity contribution is 7.80. The summed E-state index contributed by atoms with van der Waals surface area (Å²) in [6, 6.07) is 9.40.